The second-order valence-corrected chi connectivity index (χ2v) is 7.30. The van der Waals surface area contributed by atoms with E-state index in [0.29, 0.717) is 0 Å². The molecule has 4 nitrogen and oxygen atoms in total. The van der Waals surface area contributed by atoms with Crippen LogP contribution in [0.1, 0.15) is 31.1 Å². The Kier molecular flexibility index (Phi) is 3.49. The number of nitrogens with two attached hydrogens (primary N) is 1. The monoisotopic (exact) mass is 332 g/mol. The van der Waals surface area contributed by atoms with Crippen molar-refractivity contribution in [1.82, 2.24) is 4.98 Å². The maximum absolute atomic E-state index is 11.3. The van der Waals surface area contributed by atoms with Crippen LogP contribution >= 0.6 is 0 Å². The van der Waals surface area contributed by atoms with E-state index >= 15 is 0 Å². The maximum atomic E-state index is 11.3. The van der Waals surface area contributed by atoms with Gasteiger partial charge in [-0.15, -0.1) is 0 Å². The maximum Gasteiger partial charge on any atom is 0.405 e. The highest BCUT2D eigenvalue weighted by atomic mass is 16.6. The third-order valence-electron chi connectivity index (χ3n) is 4.99. The molecule has 1 aliphatic carbocycles. The normalized spacial score (nSPS) is 18.1. The molecule has 2 aromatic carbocycles. The van der Waals surface area contributed by atoms with Gasteiger partial charge in [0.2, 0.25) is 0 Å². The SMILES string of the molecule is CC1(C)Cc2cc(-c3cncc4ccccc34)ccc2C1OC(N)=O. The van der Waals surface area contributed by atoms with Crippen LogP contribution in [0.2, 0.25) is 0 Å². The van der Waals surface area contributed by atoms with Gasteiger partial charge in [-0.3, -0.25) is 4.98 Å². The zero-order chi connectivity index (χ0) is 17.6. The topological polar surface area (TPSA) is 65.2 Å². The fourth-order valence-electron chi connectivity index (χ4n) is 3.87. The van der Waals surface area contributed by atoms with E-state index in [0.717, 1.165) is 28.5 Å². The summed E-state index contributed by atoms with van der Waals surface area (Å²) in [6, 6.07) is 14.5. The van der Waals surface area contributed by atoms with Crippen LogP contribution in [0.25, 0.3) is 21.9 Å². The number of benzene rings is 2. The lowest BCUT2D eigenvalue weighted by atomic mass is 9.87. The van der Waals surface area contributed by atoms with Crippen LogP contribution in [0.3, 0.4) is 0 Å². The van der Waals surface area contributed by atoms with Crippen molar-refractivity contribution in [3.63, 3.8) is 0 Å². The number of hydrogen-bond acceptors (Lipinski definition) is 3. The fourth-order valence-corrected chi connectivity index (χ4v) is 3.87. The van der Waals surface area contributed by atoms with Gasteiger partial charge in [-0.1, -0.05) is 56.3 Å². The number of pyridine rings is 1. The number of hydrogen-bond donors (Lipinski definition) is 1. The molecule has 0 radical (unpaired) electrons. The number of fused-ring (bicyclic) bond motifs is 2. The van der Waals surface area contributed by atoms with Crippen LogP contribution < -0.4 is 5.73 Å². The van der Waals surface area contributed by atoms with Crippen LogP contribution in [0.5, 0.6) is 0 Å². The summed E-state index contributed by atoms with van der Waals surface area (Å²) in [6.07, 6.45) is 3.59. The molecule has 0 saturated heterocycles. The van der Waals surface area contributed by atoms with Crippen LogP contribution in [-0.4, -0.2) is 11.1 Å². The minimum absolute atomic E-state index is 0.174. The lowest BCUT2D eigenvalue weighted by Gasteiger charge is -2.26. The van der Waals surface area contributed by atoms with Crippen molar-refractivity contribution in [2.24, 2.45) is 11.1 Å². The zero-order valence-corrected chi connectivity index (χ0v) is 14.3. The number of ether oxygens (including phenoxy) is 1. The summed E-state index contributed by atoms with van der Waals surface area (Å²) < 4.78 is 5.40. The Morgan fingerprint density at radius 1 is 1.20 bits per heavy atom. The van der Waals surface area contributed by atoms with Crippen LogP contribution in [0.15, 0.2) is 54.9 Å². The molecule has 4 rings (SSSR count). The molecule has 1 unspecified atom stereocenters. The lowest BCUT2D eigenvalue weighted by Crippen LogP contribution is -2.25. The van der Waals surface area contributed by atoms with Gasteiger partial charge in [-0.25, -0.2) is 4.79 Å². The van der Waals surface area contributed by atoms with Gasteiger partial charge in [-0.05, 0) is 28.5 Å². The van der Waals surface area contributed by atoms with Gasteiger partial charge >= 0.3 is 6.09 Å². The quantitative estimate of drug-likeness (QED) is 0.744. The average molecular weight is 332 g/mol. The van der Waals surface area contributed by atoms with Crippen molar-refractivity contribution in [2.75, 3.05) is 0 Å². The molecule has 2 N–H and O–H groups in total. The number of amides is 1. The number of carbonyl (C=O) groups is 1. The molecule has 126 valence electrons. The van der Waals surface area contributed by atoms with Crippen LogP contribution in [-0.2, 0) is 11.2 Å². The molecule has 1 atom stereocenters. The summed E-state index contributed by atoms with van der Waals surface area (Å²) in [5.41, 5.74) is 9.56. The number of nitrogens with zero attached hydrogens (tertiary/aromatic N) is 1. The molecule has 0 saturated carbocycles. The van der Waals surface area contributed by atoms with Crippen molar-refractivity contribution in [3.8, 4) is 11.1 Å². The summed E-state index contributed by atoms with van der Waals surface area (Å²) in [5.74, 6) is 0. The van der Waals surface area contributed by atoms with Crippen molar-refractivity contribution < 1.29 is 9.53 Å². The highest BCUT2D eigenvalue weighted by Crippen LogP contribution is 2.48. The second kappa shape index (κ2) is 5.59. The molecule has 25 heavy (non-hydrogen) atoms. The van der Waals surface area contributed by atoms with E-state index in [2.05, 4.69) is 49.2 Å². The predicted octanol–water partition coefficient (Wildman–Crippen LogP) is 4.62. The highest BCUT2D eigenvalue weighted by molar-refractivity contribution is 5.95. The zero-order valence-electron chi connectivity index (χ0n) is 14.3. The molecule has 1 aliphatic rings. The molecule has 1 aromatic heterocycles. The molecule has 4 heteroatoms. The summed E-state index contributed by atoms with van der Waals surface area (Å²) in [6.45, 7) is 4.19. The molecule has 3 aromatic rings. The molecule has 0 aliphatic heterocycles. The Bertz CT molecular complexity index is 973. The summed E-state index contributed by atoms with van der Waals surface area (Å²) in [5, 5.41) is 2.30. The van der Waals surface area contributed by atoms with Gasteiger partial charge in [0.05, 0.1) is 0 Å². The van der Waals surface area contributed by atoms with E-state index in [9.17, 15) is 4.79 Å². The Morgan fingerprint density at radius 3 is 2.80 bits per heavy atom. The second-order valence-electron chi connectivity index (χ2n) is 7.30. The summed E-state index contributed by atoms with van der Waals surface area (Å²) >= 11 is 0. The first kappa shape index (κ1) is 15.6. The standard InChI is InChI=1S/C21H20N2O2/c1-21(2)10-15-9-13(7-8-17(15)19(21)25-20(22)24)18-12-23-11-14-5-3-4-6-16(14)18/h3-9,11-12,19H,10H2,1-2H3,(H2,22,24). The van der Waals surface area contributed by atoms with Gasteiger partial charge in [0.15, 0.2) is 0 Å². The number of aromatic nitrogens is 1. The summed E-state index contributed by atoms with van der Waals surface area (Å²) in [7, 11) is 0. The summed E-state index contributed by atoms with van der Waals surface area (Å²) in [4.78, 5) is 15.7. The molecule has 1 amide bonds. The van der Waals surface area contributed by atoms with Gasteiger partial charge < -0.3 is 10.5 Å². The first-order chi connectivity index (χ1) is 12.0. The Hall–Kier alpha value is -2.88. The molecule has 0 bridgehead atoms. The van der Waals surface area contributed by atoms with Gasteiger partial charge in [0.1, 0.15) is 6.10 Å². The van der Waals surface area contributed by atoms with Crippen molar-refractivity contribution in [2.45, 2.75) is 26.4 Å². The minimum Gasteiger partial charge on any atom is -0.441 e. The predicted molar refractivity (Wildman–Crippen MR) is 98.1 cm³/mol. The molecule has 1 heterocycles. The average Bonchev–Trinajstić information content (AvgIpc) is 2.83. The molecular weight excluding hydrogens is 312 g/mol. The van der Waals surface area contributed by atoms with E-state index in [1.807, 2.05) is 24.5 Å². The number of rotatable bonds is 2. The van der Waals surface area contributed by atoms with Gasteiger partial charge in [-0.2, -0.15) is 0 Å². The van der Waals surface area contributed by atoms with Crippen LogP contribution in [0.4, 0.5) is 4.79 Å². The van der Waals surface area contributed by atoms with Crippen molar-refractivity contribution >= 4 is 16.9 Å². The molecular formula is C21H20N2O2. The van der Waals surface area contributed by atoms with Gasteiger partial charge in [0.25, 0.3) is 0 Å². The molecule has 0 spiro atoms. The Morgan fingerprint density at radius 2 is 2.00 bits per heavy atom. The van der Waals surface area contributed by atoms with E-state index in [1.165, 1.54) is 10.9 Å². The largest absolute Gasteiger partial charge is 0.441 e. The van der Waals surface area contributed by atoms with E-state index in [1.54, 1.807) is 0 Å². The fraction of sp³-hybridized carbons (Fsp3) is 0.238. The first-order valence-electron chi connectivity index (χ1n) is 8.38. The minimum atomic E-state index is -0.728. The smallest absolute Gasteiger partial charge is 0.405 e. The van der Waals surface area contributed by atoms with E-state index in [-0.39, 0.29) is 11.5 Å². The Labute approximate surface area is 146 Å². The number of carbonyl (C=O) groups excluding carboxylic acids is 1. The third kappa shape index (κ3) is 2.64. The lowest BCUT2D eigenvalue weighted by molar-refractivity contribution is 0.0392. The van der Waals surface area contributed by atoms with E-state index < -0.39 is 6.09 Å². The molecule has 0 fully saturated rings. The van der Waals surface area contributed by atoms with Crippen LogP contribution in [0, 0.1) is 5.41 Å². The Balaban J connectivity index is 1.82. The van der Waals surface area contributed by atoms with E-state index in [4.69, 9.17) is 10.5 Å². The van der Waals surface area contributed by atoms with Crippen molar-refractivity contribution in [1.29, 1.82) is 0 Å². The van der Waals surface area contributed by atoms with Gasteiger partial charge in [0, 0.05) is 28.8 Å². The number of primary amides is 1. The highest BCUT2D eigenvalue weighted by Gasteiger charge is 2.41. The van der Waals surface area contributed by atoms with Crippen molar-refractivity contribution in [3.05, 3.63) is 66.0 Å². The third-order valence-corrected chi connectivity index (χ3v) is 4.99. The first-order valence-corrected chi connectivity index (χ1v) is 8.38.